The summed E-state index contributed by atoms with van der Waals surface area (Å²) in [5.74, 6) is 0.149. The first-order valence-electron chi connectivity index (χ1n) is 7.70. The van der Waals surface area contributed by atoms with E-state index in [0.29, 0.717) is 6.54 Å². The molecule has 1 aromatic carbocycles. The minimum atomic E-state index is -0.710. The zero-order chi connectivity index (χ0) is 16.0. The van der Waals surface area contributed by atoms with Crippen LogP contribution in [0.15, 0.2) is 30.3 Å². The van der Waals surface area contributed by atoms with Crippen LogP contribution < -0.4 is 5.32 Å². The van der Waals surface area contributed by atoms with E-state index in [9.17, 15) is 9.59 Å². The molecular formula is C17H22N2O3. The number of rotatable bonds is 2. The number of para-hydroxylation sites is 1. The number of benzene rings is 1. The third-order valence-corrected chi connectivity index (χ3v) is 4.29. The number of nitrogens with zero attached hydrogens (tertiary/aromatic N) is 1. The van der Waals surface area contributed by atoms with E-state index in [2.05, 4.69) is 5.32 Å². The Labute approximate surface area is 130 Å². The van der Waals surface area contributed by atoms with Gasteiger partial charge in [0.05, 0.1) is 0 Å². The molecule has 0 bridgehead atoms. The van der Waals surface area contributed by atoms with Gasteiger partial charge in [0.2, 0.25) is 0 Å². The fourth-order valence-corrected chi connectivity index (χ4v) is 3.21. The number of likely N-dealkylation sites (tertiary alicyclic amines) is 1. The molecule has 0 spiro atoms. The Hall–Kier alpha value is -2.04. The SMILES string of the molecule is CC(C)(C)OC(=O)N1CC[C@@H]2C[C@@]21C(=O)Nc1ccccc1. The lowest BCUT2D eigenvalue weighted by Gasteiger charge is -2.30. The molecule has 22 heavy (non-hydrogen) atoms. The van der Waals surface area contributed by atoms with E-state index < -0.39 is 17.2 Å². The number of anilines is 1. The van der Waals surface area contributed by atoms with Crippen LogP contribution in [-0.4, -0.2) is 34.6 Å². The Morgan fingerprint density at radius 2 is 1.95 bits per heavy atom. The summed E-state index contributed by atoms with van der Waals surface area (Å²) in [6, 6.07) is 9.34. The van der Waals surface area contributed by atoms with Crippen LogP contribution in [0.1, 0.15) is 33.6 Å². The molecule has 0 unspecified atom stereocenters. The lowest BCUT2D eigenvalue weighted by atomic mass is 10.2. The number of carbonyl (C=O) groups is 2. The smallest absolute Gasteiger partial charge is 0.411 e. The van der Waals surface area contributed by atoms with Crippen molar-refractivity contribution in [2.45, 2.75) is 44.8 Å². The second-order valence-corrected chi connectivity index (χ2v) is 7.07. The lowest BCUT2D eigenvalue weighted by Crippen LogP contribution is -2.49. The van der Waals surface area contributed by atoms with Crippen molar-refractivity contribution < 1.29 is 14.3 Å². The molecule has 0 aromatic heterocycles. The van der Waals surface area contributed by atoms with Gasteiger partial charge < -0.3 is 10.1 Å². The standard InChI is InChI=1S/C17H22N2O3/c1-16(2,3)22-15(21)19-10-9-12-11-17(12,19)14(20)18-13-7-5-4-6-8-13/h4-8,12H,9-11H2,1-3H3,(H,18,20)/t12-,17+/m1/s1. The summed E-state index contributed by atoms with van der Waals surface area (Å²) in [6.45, 7) is 6.09. The first-order chi connectivity index (χ1) is 10.3. The summed E-state index contributed by atoms with van der Waals surface area (Å²) in [5, 5.41) is 2.93. The van der Waals surface area contributed by atoms with Gasteiger partial charge in [-0.15, -0.1) is 0 Å². The molecule has 1 aliphatic carbocycles. The van der Waals surface area contributed by atoms with Crippen LogP contribution in [0.4, 0.5) is 10.5 Å². The molecule has 2 aliphatic rings. The number of nitrogens with one attached hydrogen (secondary N) is 1. The monoisotopic (exact) mass is 302 g/mol. The maximum Gasteiger partial charge on any atom is 0.411 e. The van der Waals surface area contributed by atoms with Crippen LogP contribution in [0.25, 0.3) is 0 Å². The third kappa shape index (κ3) is 2.56. The number of hydrogen-bond acceptors (Lipinski definition) is 3. The molecule has 2 amide bonds. The number of fused-ring (bicyclic) bond motifs is 1. The van der Waals surface area contributed by atoms with Crippen LogP contribution >= 0.6 is 0 Å². The average Bonchev–Trinajstić information content (AvgIpc) is 3.04. The first-order valence-corrected chi connectivity index (χ1v) is 7.70. The molecule has 0 radical (unpaired) electrons. The molecule has 1 saturated heterocycles. The maximum atomic E-state index is 12.7. The van der Waals surface area contributed by atoms with Gasteiger partial charge in [-0.25, -0.2) is 4.79 Å². The topological polar surface area (TPSA) is 58.6 Å². The van der Waals surface area contributed by atoms with E-state index in [1.807, 2.05) is 51.1 Å². The van der Waals surface area contributed by atoms with Gasteiger partial charge >= 0.3 is 6.09 Å². The van der Waals surface area contributed by atoms with E-state index in [4.69, 9.17) is 4.74 Å². The number of amides is 2. The Balaban J connectivity index is 1.74. The quantitative estimate of drug-likeness (QED) is 0.913. The van der Waals surface area contributed by atoms with Crippen molar-refractivity contribution in [3.63, 3.8) is 0 Å². The molecule has 1 aromatic rings. The normalized spacial score (nSPS) is 26.3. The lowest BCUT2D eigenvalue weighted by molar-refractivity contribution is -0.122. The minimum Gasteiger partial charge on any atom is -0.444 e. The molecule has 5 nitrogen and oxygen atoms in total. The van der Waals surface area contributed by atoms with Gasteiger partial charge in [-0.2, -0.15) is 0 Å². The Kier molecular flexibility index (Phi) is 3.38. The molecule has 1 N–H and O–H groups in total. The summed E-state index contributed by atoms with van der Waals surface area (Å²) < 4.78 is 5.45. The number of piperidine rings is 1. The minimum absolute atomic E-state index is 0.105. The van der Waals surface area contributed by atoms with Crippen molar-refractivity contribution in [1.29, 1.82) is 0 Å². The van der Waals surface area contributed by atoms with E-state index in [0.717, 1.165) is 18.5 Å². The summed E-state index contributed by atoms with van der Waals surface area (Å²) in [4.78, 5) is 26.7. The zero-order valence-corrected chi connectivity index (χ0v) is 13.3. The maximum absolute atomic E-state index is 12.7. The van der Waals surface area contributed by atoms with Crippen molar-refractivity contribution in [3.05, 3.63) is 30.3 Å². The average molecular weight is 302 g/mol. The summed E-state index contributed by atoms with van der Waals surface area (Å²) in [7, 11) is 0. The van der Waals surface area contributed by atoms with E-state index in [-0.39, 0.29) is 11.8 Å². The highest BCUT2D eigenvalue weighted by Crippen LogP contribution is 2.56. The van der Waals surface area contributed by atoms with Gasteiger partial charge in [0.15, 0.2) is 0 Å². The van der Waals surface area contributed by atoms with Crippen LogP contribution in [0, 0.1) is 5.92 Å². The Morgan fingerprint density at radius 3 is 2.55 bits per heavy atom. The summed E-state index contributed by atoms with van der Waals surface area (Å²) in [5.41, 5.74) is -0.511. The predicted octanol–water partition coefficient (Wildman–Crippen LogP) is 3.02. The van der Waals surface area contributed by atoms with Gasteiger partial charge in [0, 0.05) is 12.2 Å². The van der Waals surface area contributed by atoms with Crippen LogP contribution in [-0.2, 0) is 9.53 Å². The van der Waals surface area contributed by atoms with Crippen molar-refractivity contribution in [2.24, 2.45) is 5.92 Å². The van der Waals surface area contributed by atoms with E-state index in [1.54, 1.807) is 4.90 Å². The van der Waals surface area contributed by atoms with Gasteiger partial charge in [0.25, 0.3) is 5.91 Å². The summed E-state index contributed by atoms with van der Waals surface area (Å²) in [6.07, 6.45) is 1.20. The van der Waals surface area contributed by atoms with Gasteiger partial charge in [-0.05, 0) is 51.7 Å². The van der Waals surface area contributed by atoms with Crippen LogP contribution in [0.5, 0.6) is 0 Å². The molecule has 5 heteroatoms. The van der Waals surface area contributed by atoms with Crippen molar-refractivity contribution >= 4 is 17.7 Å². The fourth-order valence-electron chi connectivity index (χ4n) is 3.21. The number of hydrogen-bond donors (Lipinski definition) is 1. The molecule has 3 rings (SSSR count). The molecule has 2 fully saturated rings. The van der Waals surface area contributed by atoms with E-state index >= 15 is 0 Å². The van der Waals surface area contributed by atoms with Crippen LogP contribution in [0.2, 0.25) is 0 Å². The second-order valence-electron chi connectivity index (χ2n) is 7.07. The van der Waals surface area contributed by atoms with Crippen LogP contribution in [0.3, 0.4) is 0 Å². The van der Waals surface area contributed by atoms with Crippen molar-refractivity contribution in [1.82, 2.24) is 4.90 Å². The fraction of sp³-hybridized carbons (Fsp3) is 0.529. The highest BCUT2D eigenvalue weighted by atomic mass is 16.6. The third-order valence-electron chi connectivity index (χ3n) is 4.29. The number of carbonyl (C=O) groups excluding carboxylic acids is 2. The largest absolute Gasteiger partial charge is 0.444 e. The van der Waals surface area contributed by atoms with Gasteiger partial charge in [-0.3, -0.25) is 9.69 Å². The van der Waals surface area contributed by atoms with Crippen molar-refractivity contribution in [3.8, 4) is 0 Å². The van der Waals surface area contributed by atoms with Gasteiger partial charge in [-0.1, -0.05) is 18.2 Å². The van der Waals surface area contributed by atoms with Gasteiger partial charge in [0.1, 0.15) is 11.1 Å². The van der Waals surface area contributed by atoms with Crippen molar-refractivity contribution in [2.75, 3.05) is 11.9 Å². The molecule has 118 valence electrons. The predicted molar refractivity (Wildman–Crippen MR) is 83.5 cm³/mol. The van der Waals surface area contributed by atoms with E-state index in [1.165, 1.54) is 0 Å². The molecular weight excluding hydrogens is 280 g/mol. The first kappa shape index (κ1) is 14.9. The summed E-state index contributed by atoms with van der Waals surface area (Å²) >= 11 is 0. The Bertz CT molecular complexity index is 594. The number of ether oxygens (including phenoxy) is 1. The highest BCUT2D eigenvalue weighted by molar-refractivity contribution is 6.03. The highest BCUT2D eigenvalue weighted by Gasteiger charge is 2.69. The molecule has 1 aliphatic heterocycles. The molecule has 2 atom stereocenters. The zero-order valence-electron chi connectivity index (χ0n) is 13.3. The molecule has 1 heterocycles. The second kappa shape index (κ2) is 5.00. The Morgan fingerprint density at radius 1 is 1.27 bits per heavy atom. The molecule has 1 saturated carbocycles.